The molecule has 0 fully saturated rings. The fourth-order valence-corrected chi connectivity index (χ4v) is 2.62. The van der Waals surface area contributed by atoms with Gasteiger partial charge in [-0.25, -0.2) is 4.79 Å². The molecule has 1 N–H and O–H groups in total. The molecular weight excluding hydrogens is 266 g/mol. The van der Waals surface area contributed by atoms with Crippen LogP contribution in [0, 0.1) is 0 Å². The number of furan rings is 1. The molecule has 0 aliphatic carbocycles. The highest BCUT2D eigenvalue weighted by Gasteiger charge is 2.20. The van der Waals surface area contributed by atoms with Crippen LogP contribution in [0.5, 0.6) is 0 Å². The van der Waals surface area contributed by atoms with Gasteiger partial charge in [0.15, 0.2) is 5.09 Å². The molecule has 5 nitrogen and oxygen atoms in total. The molecule has 1 rings (SSSR count). The SMILES string of the molecule is CC(C)N(C(=O)CSc1ccc(C(=O)O)o1)C(C)C. The van der Waals surface area contributed by atoms with E-state index in [9.17, 15) is 9.59 Å². The maximum atomic E-state index is 12.1. The van der Waals surface area contributed by atoms with Gasteiger partial charge in [0.05, 0.1) is 5.75 Å². The Labute approximate surface area is 117 Å². The number of carbonyl (C=O) groups excluding carboxylic acids is 1. The van der Waals surface area contributed by atoms with E-state index in [2.05, 4.69) is 0 Å². The van der Waals surface area contributed by atoms with Crippen LogP contribution < -0.4 is 0 Å². The maximum Gasteiger partial charge on any atom is 0.371 e. The summed E-state index contributed by atoms with van der Waals surface area (Å²) < 4.78 is 5.09. The Bertz CT molecular complexity index is 445. The van der Waals surface area contributed by atoms with Crippen LogP contribution in [0.1, 0.15) is 38.2 Å². The van der Waals surface area contributed by atoms with Gasteiger partial charge in [0, 0.05) is 12.1 Å². The highest BCUT2D eigenvalue weighted by Crippen LogP contribution is 2.22. The summed E-state index contributed by atoms with van der Waals surface area (Å²) in [7, 11) is 0. The monoisotopic (exact) mass is 285 g/mol. The molecule has 0 bridgehead atoms. The highest BCUT2D eigenvalue weighted by molar-refractivity contribution is 7.99. The fourth-order valence-electron chi connectivity index (χ4n) is 1.89. The van der Waals surface area contributed by atoms with Gasteiger partial charge in [-0.3, -0.25) is 4.79 Å². The smallest absolute Gasteiger partial charge is 0.371 e. The van der Waals surface area contributed by atoms with Crippen LogP contribution in [0.2, 0.25) is 0 Å². The highest BCUT2D eigenvalue weighted by atomic mass is 32.2. The largest absolute Gasteiger partial charge is 0.475 e. The molecule has 6 heteroatoms. The van der Waals surface area contributed by atoms with Crippen LogP contribution in [0.25, 0.3) is 0 Å². The lowest BCUT2D eigenvalue weighted by molar-refractivity contribution is -0.131. The predicted octanol–water partition coefficient (Wildman–Crippen LogP) is 2.72. The van der Waals surface area contributed by atoms with Crippen LogP contribution in [-0.4, -0.2) is 39.7 Å². The quantitative estimate of drug-likeness (QED) is 0.814. The standard InChI is InChI=1S/C13H19NO4S/c1-8(2)14(9(3)4)11(15)7-19-12-6-5-10(18-12)13(16)17/h5-6,8-9H,7H2,1-4H3,(H,16,17). The van der Waals surface area contributed by atoms with Crippen molar-refractivity contribution >= 4 is 23.6 Å². The second kappa shape index (κ2) is 6.65. The Morgan fingerprint density at radius 1 is 1.26 bits per heavy atom. The Morgan fingerprint density at radius 2 is 1.84 bits per heavy atom. The van der Waals surface area contributed by atoms with Gasteiger partial charge in [-0.05, 0) is 39.8 Å². The summed E-state index contributed by atoms with van der Waals surface area (Å²) in [6, 6.07) is 3.23. The minimum absolute atomic E-state index is 0.0169. The lowest BCUT2D eigenvalue weighted by Gasteiger charge is -2.30. The van der Waals surface area contributed by atoms with Crippen LogP contribution in [0.4, 0.5) is 0 Å². The summed E-state index contributed by atoms with van der Waals surface area (Å²) in [4.78, 5) is 24.5. The van der Waals surface area contributed by atoms with Crippen LogP contribution in [0.15, 0.2) is 21.6 Å². The Morgan fingerprint density at radius 3 is 2.26 bits per heavy atom. The van der Waals surface area contributed by atoms with E-state index in [1.54, 1.807) is 11.0 Å². The molecule has 1 aromatic heterocycles. The van der Waals surface area contributed by atoms with Gasteiger partial charge in [0.25, 0.3) is 0 Å². The summed E-state index contributed by atoms with van der Waals surface area (Å²) >= 11 is 1.21. The van der Waals surface area contributed by atoms with E-state index in [4.69, 9.17) is 9.52 Å². The van der Waals surface area contributed by atoms with Gasteiger partial charge in [-0.15, -0.1) is 0 Å². The van der Waals surface area contributed by atoms with Crippen LogP contribution >= 0.6 is 11.8 Å². The molecule has 0 saturated carbocycles. The average molecular weight is 285 g/mol. The molecule has 0 saturated heterocycles. The minimum Gasteiger partial charge on any atom is -0.475 e. The third kappa shape index (κ3) is 4.31. The van der Waals surface area contributed by atoms with E-state index < -0.39 is 5.97 Å². The van der Waals surface area contributed by atoms with E-state index in [0.29, 0.717) is 5.09 Å². The Hall–Kier alpha value is -1.43. The number of hydrogen-bond donors (Lipinski definition) is 1. The van der Waals surface area contributed by atoms with Gasteiger partial charge in [0.1, 0.15) is 0 Å². The number of nitrogens with zero attached hydrogens (tertiary/aromatic N) is 1. The molecule has 1 heterocycles. The number of amides is 1. The van der Waals surface area contributed by atoms with E-state index in [0.717, 1.165) is 0 Å². The summed E-state index contributed by atoms with van der Waals surface area (Å²) in [5.41, 5.74) is 0. The summed E-state index contributed by atoms with van der Waals surface area (Å²) in [5.74, 6) is -0.963. The fraction of sp³-hybridized carbons (Fsp3) is 0.538. The zero-order valence-corrected chi connectivity index (χ0v) is 12.4. The number of aromatic carboxylic acids is 1. The number of thioether (sulfide) groups is 1. The lowest BCUT2D eigenvalue weighted by atomic mass is 10.2. The van der Waals surface area contributed by atoms with Gasteiger partial charge >= 0.3 is 5.97 Å². The van der Waals surface area contributed by atoms with Crippen molar-refractivity contribution in [1.82, 2.24) is 4.90 Å². The first-order valence-corrected chi connectivity index (χ1v) is 7.08. The molecule has 0 unspecified atom stereocenters. The van der Waals surface area contributed by atoms with Crippen molar-refractivity contribution in [1.29, 1.82) is 0 Å². The zero-order chi connectivity index (χ0) is 14.6. The first-order chi connectivity index (χ1) is 8.82. The molecule has 0 atom stereocenters. The Balaban J connectivity index is 2.59. The molecule has 0 aliphatic heterocycles. The number of carbonyl (C=O) groups is 2. The molecule has 0 aromatic carbocycles. The molecule has 1 aromatic rings. The number of rotatable bonds is 6. The topological polar surface area (TPSA) is 70.8 Å². The second-order valence-corrected chi connectivity index (χ2v) is 5.68. The van der Waals surface area contributed by atoms with E-state index >= 15 is 0 Å². The van der Waals surface area contributed by atoms with Crippen molar-refractivity contribution in [2.75, 3.05) is 5.75 Å². The normalized spacial score (nSPS) is 11.1. The maximum absolute atomic E-state index is 12.1. The van der Waals surface area contributed by atoms with Crippen LogP contribution in [-0.2, 0) is 4.79 Å². The van der Waals surface area contributed by atoms with E-state index in [-0.39, 0.29) is 29.5 Å². The third-order valence-corrected chi connectivity index (χ3v) is 3.43. The molecule has 1 amide bonds. The van der Waals surface area contributed by atoms with Gasteiger partial charge in [-0.1, -0.05) is 11.8 Å². The van der Waals surface area contributed by atoms with Crippen molar-refractivity contribution in [3.05, 3.63) is 17.9 Å². The molecule has 106 valence electrons. The molecule has 0 aliphatic rings. The first-order valence-electron chi connectivity index (χ1n) is 6.10. The van der Waals surface area contributed by atoms with Gasteiger partial charge < -0.3 is 14.4 Å². The molecule has 0 spiro atoms. The second-order valence-electron chi connectivity index (χ2n) is 4.70. The van der Waals surface area contributed by atoms with Gasteiger partial charge in [-0.2, -0.15) is 0 Å². The van der Waals surface area contributed by atoms with E-state index in [1.807, 2.05) is 27.7 Å². The molecule has 19 heavy (non-hydrogen) atoms. The van der Waals surface area contributed by atoms with Crippen molar-refractivity contribution in [3.63, 3.8) is 0 Å². The van der Waals surface area contributed by atoms with Crippen molar-refractivity contribution in [2.24, 2.45) is 0 Å². The third-order valence-electron chi connectivity index (χ3n) is 2.53. The molecular formula is C13H19NO4S. The molecule has 0 radical (unpaired) electrons. The summed E-state index contributed by atoms with van der Waals surface area (Å²) in [6.45, 7) is 7.88. The number of carboxylic acid groups (broad SMARTS) is 1. The van der Waals surface area contributed by atoms with E-state index in [1.165, 1.54) is 17.8 Å². The average Bonchev–Trinajstić information content (AvgIpc) is 2.73. The summed E-state index contributed by atoms with van der Waals surface area (Å²) in [5, 5.41) is 9.17. The predicted molar refractivity (Wildman–Crippen MR) is 73.5 cm³/mol. The first kappa shape index (κ1) is 15.6. The van der Waals surface area contributed by atoms with Gasteiger partial charge in [0.2, 0.25) is 11.7 Å². The van der Waals surface area contributed by atoms with Crippen molar-refractivity contribution in [3.8, 4) is 0 Å². The van der Waals surface area contributed by atoms with Crippen LogP contribution in [0.3, 0.4) is 0 Å². The lowest BCUT2D eigenvalue weighted by Crippen LogP contribution is -2.43. The number of hydrogen-bond acceptors (Lipinski definition) is 4. The zero-order valence-electron chi connectivity index (χ0n) is 11.5. The number of carboxylic acids is 1. The van der Waals surface area contributed by atoms with Crippen molar-refractivity contribution in [2.45, 2.75) is 44.9 Å². The Kier molecular flexibility index (Phi) is 5.47. The van der Waals surface area contributed by atoms with Crippen molar-refractivity contribution < 1.29 is 19.1 Å². The summed E-state index contributed by atoms with van der Waals surface area (Å²) in [6.07, 6.45) is 0. The minimum atomic E-state index is -1.11.